The van der Waals surface area contributed by atoms with Gasteiger partial charge in [-0.3, -0.25) is 0 Å². The molecule has 1 aliphatic rings. The highest BCUT2D eigenvalue weighted by molar-refractivity contribution is 5.36. The van der Waals surface area contributed by atoms with Gasteiger partial charge >= 0.3 is 0 Å². The van der Waals surface area contributed by atoms with Crippen molar-refractivity contribution in [3.63, 3.8) is 0 Å². The second-order valence-corrected chi connectivity index (χ2v) is 5.40. The molecule has 0 amide bonds. The second-order valence-electron chi connectivity index (χ2n) is 5.40. The molecule has 2 atom stereocenters. The summed E-state index contributed by atoms with van der Waals surface area (Å²) in [5.41, 5.74) is 9.54. The third-order valence-corrected chi connectivity index (χ3v) is 4.18. The molecule has 2 aromatic carbocycles. The lowest BCUT2D eigenvalue weighted by Gasteiger charge is -2.30. The van der Waals surface area contributed by atoms with Crippen LogP contribution in [0.3, 0.4) is 0 Å². The van der Waals surface area contributed by atoms with Crippen molar-refractivity contribution in [2.24, 2.45) is 5.73 Å². The molecule has 3 rings (SSSR count). The molecular weight excluding hydrogens is 256 g/mol. The summed E-state index contributed by atoms with van der Waals surface area (Å²) in [7, 11) is 0. The Hall–Kier alpha value is -1.74. The Bertz CT molecular complexity index is 624. The molecule has 1 aliphatic carbocycles. The van der Waals surface area contributed by atoms with Crippen molar-refractivity contribution < 1.29 is 8.78 Å². The number of benzene rings is 2. The summed E-state index contributed by atoms with van der Waals surface area (Å²) >= 11 is 0. The lowest BCUT2D eigenvalue weighted by Crippen LogP contribution is -2.23. The molecule has 3 heteroatoms. The molecule has 1 nitrogen and oxygen atoms in total. The summed E-state index contributed by atoms with van der Waals surface area (Å²) in [6.45, 7) is 0. The van der Waals surface area contributed by atoms with E-state index in [0.717, 1.165) is 25.3 Å². The first-order valence-electron chi connectivity index (χ1n) is 6.95. The lowest BCUT2D eigenvalue weighted by atomic mass is 9.77. The third kappa shape index (κ3) is 2.34. The summed E-state index contributed by atoms with van der Waals surface area (Å²) in [5.74, 6) is -1.49. The molecule has 0 saturated heterocycles. The molecule has 0 aromatic heterocycles. The van der Waals surface area contributed by atoms with E-state index in [-0.39, 0.29) is 12.0 Å². The zero-order valence-corrected chi connectivity index (χ0v) is 11.2. The minimum Gasteiger partial charge on any atom is -0.323 e. The average molecular weight is 273 g/mol. The molecule has 2 unspecified atom stereocenters. The average Bonchev–Trinajstić information content (AvgIpc) is 2.49. The van der Waals surface area contributed by atoms with E-state index in [4.69, 9.17) is 5.73 Å². The van der Waals surface area contributed by atoms with Gasteiger partial charge in [-0.25, -0.2) is 8.78 Å². The number of halogens is 2. The quantitative estimate of drug-likeness (QED) is 0.876. The largest absolute Gasteiger partial charge is 0.323 e. The van der Waals surface area contributed by atoms with Crippen LogP contribution in [-0.2, 0) is 6.42 Å². The van der Waals surface area contributed by atoms with Crippen molar-refractivity contribution in [2.45, 2.75) is 31.2 Å². The van der Waals surface area contributed by atoms with Gasteiger partial charge in [0.25, 0.3) is 0 Å². The van der Waals surface area contributed by atoms with E-state index in [0.29, 0.717) is 5.56 Å². The van der Waals surface area contributed by atoms with Crippen LogP contribution in [0.15, 0.2) is 42.5 Å². The van der Waals surface area contributed by atoms with Gasteiger partial charge in [0.05, 0.1) is 0 Å². The number of aryl methyl sites for hydroxylation is 1. The molecule has 2 aromatic rings. The van der Waals surface area contributed by atoms with Crippen molar-refractivity contribution in [1.29, 1.82) is 0 Å². The van der Waals surface area contributed by atoms with Gasteiger partial charge in [-0.2, -0.15) is 0 Å². The van der Waals surface area contributed by atoms with E-state index in [1.165, 1.54) is 17.2 Å². The zero-order valence-electron chi connectivity index (χ0n) is 11.2. The maximum atomic E-state index is 13.4. The minimum absolute atomic E-state index is 0.171. The van der Waals surface area contributed by atoms with Crippen LogP contribution in [0.25, 0.3) is 0 Å². The Morgan fingerprint density at radius 1 is 1.05 bits per heavy atom. The van der Waals surface area contributed by atoms with Crippen molar-refractivity contribution in [1.82, 2.24) is 0 Å². The predicted molar refractivity (Wildman–Crippen MR) is 75.4 cm³/mol. The highest BCUT2D eigenvalue weighted by Gasteiger charge is 2.26. The fourth-order valence-electron chi connectivity index (χ4n) is 3.12. The van der Waals surface area contributed by atoms with Crippen molar-refractivity contribution in [3.05, 3.63) is 70.8 Å². The fraction of sp³-hybridized carbons (Fsp3) is 0.294. The second kappa shape index (κ2) is 5.33. The summed E-state index contributed by atoms with van der Waals surface area (Å²) < 4.78 is 26.4. The van der Waals surface area contributed by atoms with Crippen LogP contribution in [0.4, 0.5) is 8.78 Å². The summed E-state index contributed by atoms with van der Waals surface area (Å²) in [5, 5.41) is 0. The van der Waals surface area contributed by atoms with Crippen LogP contribution in [0, 0.1) is 11.6 Å². The van der Waals surface area contributed by atoms with Gasteiger partial charge in [-0.1, -0.05) is 30.3 Å². The van der Waals surface area contributed by atoms with Crippen LogP contribution in [-0.4, -0.2) is 0 Å². The summed E-state index contributed by atoms with van der Waals surface area (Å²) in [6, 6.07) is 11.9. The number of hydrogen-bond donors (Lipinski definition) is 1. The number of hydrogen-bond acceptors (Lipinski definition) is 1. The number of rotatable bonds is 2. The topological polar surface area (TPSA) is 26.0 Å². The number of fused-ring (bicyclic) bond motifs is 1. The monoisotopic (exact) mass is 273 g/mol. The van der Waals surface area contributed by atoms with Gasteiger partial charge in [0.1, 0.15) is 0 Å². The fourth-order valence-corrected chi connectivity index (χ4v) is 3.12. The first-order valence-corrected chi connectivity index (χ1v) is 6.95. The summed E-state index contributed by atoms with van der Waals surface area (Å²) in [4.78, 5) is 0. The zero-order chi connectivity index (χ0) is 14.1. The molecule has 0 radical (unpaired) electrons. The Balaban J connectivity index is 1.95. The van der Waals surface area contributed by atoms with E-state index in [9.17, 15) is 8.78 Å². The van der Waals surface area contributed by atoms with Gasteiger partial charge in [-0.05, 0) is 48.1 Å². The first kappa shape index (κ1) is 13.3. The van der Waals surface area contributed by atoms with Crippen molar-refractivity contribution in [2.75, 3.05) is 0 Å². The standard InChI is InChI=1S/C17H17F2N/c18-15-9-8-12(10-16(15)19)17(20)14-7-3-5-11-4-1-2-6-13(11)14/h1-2,4,6,8-10,14,17H,3,5,7,20H2. The third-order valence-electron chi connectivity index (χ3n) is 4.18. The normalized spacial score (nSPS) is 19.4. The van der Waals surface area contributed by atoms with Crippen LogP contribution in [0.2, 0.25) is 0 Å². The molecular formula is C17H17F2N. The van der Waals surface area contributed by atoms with E-state index < -0.39 is 11.6 Å². The smallest absolute Gasteiger partial charge is 0.159 e. The minimum atomic E-state index is -0.831. The SMILES string of the molecule is NC(c1ccc(F)c(F)c1)C1CCCc2ccccc21. The van der Waals surface area contributed by atoms with Gasteiger partial charge in [0.2, 0.25) is 0 Å². The molecule has 0 heterocycles. The first-order chi connectivity index (χ1) is 9.66. The maximum absolute atomic E-state index is 13.4. The predicted octanol–water partition coefficient (Wildman–Crippen LogP) is 4.08. The van der Waals surface area contributed by atoms with Gasteiger partial charge in [0, 0.05) is 12.0 Å². The highest BCUT2D eigenvalue weighted by Crippen LogP contribution is 2.39. The lowest BCUT2D eigenvalue weighted by molar-refractivity contribution is 0.466. The van der Waals surface area contributed by atoms with E-state index >= 15 is 0 Å². The Kier molecular flexibility index (Phi) is 3.53. The Morgan fingerprint density at radius 2 is 1.85 bits per heavy atom. The Morgan fingerprint density at radius 3 is 2.65 bits per heavy atom. The molecule has 0 saturated carbocycles. The van der Waals surface area contributed by atoms with Crippen LogP contribution in [0.5, 0.6) is 0 Å². The van der Waals surface area contributed by atoms with Gasteiger partial charge < -0.3 is 5.73 Å². The van der Waals surface area contributed by atoms with E-state index in [2.05, 4.69) is 12.1 Å². The van der Waals surface area contributed by atoms with E-state index in [1.807, 2.05) is 12.1 Å². The van der Waals surface area contributed by atoms with Crippen LogP contribution >= 0.6 is 0 Å². The molecule has 20 heavy (non-hydrogen) atoms. The summed E-state index contributed by atoms with van der Waals surface area (Å²) in [6.07, 6.45) is 3.13. The maximum Gasteiger partial charge on any atom is 0.159 e. The number of nitrogens with two attached hydrogens (primary N) is 1. The molecule has 0 fully saturated rings. The van der Waals surface area contributed by atoms with Crippen molar-refractivity contribution >= 4 is 0 Å². The molecule has 0 spiro atoms. The molecule has 0 aliphatic heterocycles. The Labute approximate surface area is 117 Å². The molecule has 0 bridgehead atoms. The van der Waals surface area contributed by atoms with Crippen LogP contribution < -0.4 is 5.73 Å². The van der Waals surface area contributed by atoms with Crippen LogP contribution in [0.1, 0.15) is 41.5 Å². The molecule has 104 valence electrons. The van der Waals surface area contributed by atoms with Gasteiger partial charge in [-0.15, -0.1) is 0 Å². The van der Waals surface area contributed by atoms with E-state index in [1.54, 1.807) is 6.07 Å². The van der Waals surface area contributed by atoms with Gasteiger partial charge in [0.15, 0.2) is 11.6 Å². The highest BCUT2D eigenvalue weighted by atomic mass is 19.2. The van der Waals surface area contributed by atoms with Crippen molar-refractivity contribution in [3.8, 4) is 0 Å². The molecule has 2 N–H and O–H groups in total.